The molecule has 1 unspecified atom stereocenters. The molecule has 1 aromatic heterocycles. The topological polar surface area (TPSA) is 85.5 Å². The van der Waals surface area contributed by atoms with Gasteiger partial charge >= 0.3 is 6.43 Å². The van der Waals surface area contributed by atoms with E-state index in [0.717, 1.165) is 0 Å². The number of alkyl halides is 2. The number of methoxy groups -OCH3 is 1. The third kappa shape index (κ3) is 3.59. The minimum Gasteiger partial charge on any atom is -0.415 e. The second kappa shape index (κ2) is 7.82. The van der Waals surface area contributed by atoms with Crippen LogP contribution in [0.4, 0.5) is 13.2 Å². The van der Waals surface area contributed by atoms with Crippen molar-refractivity contribution in [2.24, 2.45) is 0 Å². The molecule has 0 bridgehead atoms. The zero-order valence-electron chi connectivity index (χ0n) is 15.6. The van der Waals surface area contributed by atoms with Gasteiger partial charge in [-0.3, -0.25) is 0 Å². The van der Waals surface area contributed by atoms with E-state index in [4.69, 9.17) is 9.15 Å². The summed E-state index contributed by atoms with van der Waals surface area (Å²) in [7, 11) is -2.50. The van der Waals surface area contributed by atoms with Crippen LogP contribution in [-0.4, -0.2) is 36.6 Å². The molecule has 0 spiro atoms. The second-order valence-corrected chi connectivity index (χ2v) is 8.50. The fourth-order valence-electron chi connectivity index (χ4n) is 3.34. The first-order chi connectivity index (χ1) is 14.3. The van der Waals surface area contributed by atoms with Crippen LogP contribution >= 0.6 is 0 Å². The standard InChI is InChI=1S/C19H16F3N3O4S/c1-28-10-15(11-4-6-14(20)7-5-11)25-9-13-3-2-12(8-16(13)30(25,26)27)18-23-24-19(29-18)17(21)22/h2-8,15,17H,9-10H2,1H3. The molecule has 30 heavy (non-hydrogen) atoms. The molecule has 1 aliphatic heterocycles. The molecule has 0 fully saturated rings. The fraction of sp³-hybridized carbons (Fsp3) is 0.263. The molecule has 1 aliphatic rings. The summed E-state index contributed by atoms with van der Waals surface area (Å²) < 4.78 is 76.6. The van der Waals surface area contributed by atoms with Crippen molar-refractivity contribution in [2.75, 3.05) is 13.7 Å². The summed E-state index contributed by atoms with van der Waals surface area (Å²) in [6.07, 6.45) is -2.93. The Morgan fingerprint density at radius 2 is 1.90 bits per heavy atom. The predicted molar refractivity (Wildman–Crippen MR) is 98.4 cm³/mol. The highest BCUT2D eigenvalue weighted by Crippen LogP contribution is 2.39. The van der Waals surface area contributed by atoms with Crippen LogP contribution in [0.15, 0.2) is 51.8 Å². The molecule has 7 nitrogen and oxygen atoms in total. The lowest BCUT2D eigenvalue weighted by molar-refractivity contribution is 0.116. The molecule has 0 saturated heterocycles. The molecule has 0 aliphatic carbocycles. The molecule has 4 rings (SSSR count). The maximum Gasteiger partial charge on any atom is 0.314 e. The zero-order valence-corrected chi connectivity index (χ0v) is 16.4. The van der Waals surface area contributed by atoms with Crippen LogP contribution < -0.4 is 0 Å². The van der Waals surface area contributed by atoms with Gasteiger partial charge in [0.25, 0.3) is 5.89 Å². The first-order valence-electron chi connectivity index (χ1n) is 8.82. The lowest BCUT2D eigenvalue weighted by Gasteiger charge is -2.26. The zero-order chi connectivity index (χ0) is 21.5. The normalized spacial score (nSPS) is 16.7. The van der Waals surface area contributed by atoms with E-state index in [2.05, 4.69) is 10.2 Å². The number of aromatic nitrogens is 2. The van der Waals surface area contributed by atoms with Gasteiger partial charge in [-0.05, 0) is 35.4 Å². The average Bonchev–Trinajstić information content (AvgIpc) is 3.30. The number of nitrogens with zero attached hydrogens (tertiary/aromatic N) is 3. The Labute approximate surface area is 170 Å². The Bertz CT molecular complexity index is 1170. The molecule has 3 aromatic rings. The Morgan fingerprint density at radius 1 is 1.17 bits per heavy atom. The third-order valence-corrected chi connectivity index (χ3v) is 6.72. The summed E-state index contributed by atoms with van der Waals surface area (Å²) in [5.74, 6) is -1.48. The van der Waals surface area contributed by atoms with Crippen molar-refractivity contribution in [3.8, 4) is 11.5 Å². The van der Waals surface area contributed by atoms with Crippen LogP contribution in [0.25, 0.3) is 11.5 Å². The summed E-state index contributed by atoms with van der Waals surface area (Å²) in [6.45, 7) is 0.141. The maximum atomic E-state index is 13.3. The Balaban J connectivity index is 1.71. The van der Waals surface area contributed by atoms with Gasteiger partial charge in [0.15, 0.2) is 0 Å². The smallest absolute Gasteiger partial charge is 0.314 e. The van der Waals surface area contributed by atoms with Gasteiger partial charge in [-0.2, -0.15) is 13.1 Å². The summed E-state index contributed by atoms with van der Waals surface area (Å²) in [5.41, 5.74) is 1.31. The van der Waals surface area contributed by atoms with Gasteiger partial charge in [0, 0.05) is 19.2 Å². The first kappa shape index (κ1) is 20.5. The summed E-state index contributed by atoms with van der Waals surface area (Å²) in [5, 5.41) is 6.82. The number of benzene rings is 2. The second-order valence-electron chi connectivity index (χ2n) is 6.64. The number of ether oxygens (including phenoxy) is 1. The van der Waals surface area contributed by atoms with Gasteiger partial charge < -0.3 is 9.15 Å². The Hall–Kier alpha value is -2.76. The molecule has 0 radical (unpaired) electrons. The largest absolute Gasteiger partial charge is 0.415 e. The molecule has 11 heteroatoms. The van der Waals surface area contributed by atoms with Crippen LogP contribution in [0.5, 0.6) is 0 Å². The van der Waals surface area contributed by atoms with Crippen LogP contribution in [0, 0.1) is 5.82 Å². The highest BCUT2D eigenvalue weighted by atomic mass is 32.2. The number of sulfonamides is 1. The van der Waals surface area contributed by atoms with Gasteiger partial charge in [-0.1, -0.05) is 18.2 Å². The van der Waals surface area contributed by atoms with Crippen molar-refractivity contribution in [1.82, 2.24) is 14.5 Å². The quantitative estimate of drug-likeness (QED) is 0.582. The van der Waals surface area contributed by atoms with Gasteiger partial charge in [-0.25, -0.2) is 12.8 Å². The Kier molecular flexibility index (Phi) is 5.35. The minimum absolute atomic E-state index is 0.0139. The van der Waals surface area contributed by atoms with E-state index in [1.165, 1.54) is 47.8 Å². The monoisotopic (exact) mass is 439 g/mol. The average molecular weight is 439 g/mol. The molecular weight excluding hydrogens is 423 g/mol. The van der Waals surface area contributed by atoms with E-state index in [1.807, 2.05) is 0 Å². The molecular formula is C19H16F3N3O4S. The van der Waals surface area contributed by atoms with Gasteiger partial charge in [0.05, 0.1) is 17.5 Å². The molecule has 2 aromatic carbocycles. The van der Waals surface area contributed by atoms with E-state index in [-0.39, 0.29) is 29.5 Å². The SMILES string of the molecule is COCC(c1ccc(F)cc1)N1Cc2ccc(-c3nnc(C(F)F)o3)cc2S1(=O)=O. The lowest BCUT2D eigenvalue weighted by atomic mass is 10.1. The summed E-state index contributed by atoms with van der Waals surface area (Å²) in [4.78, 5) is 0.0139. The van der Waals surface area contributed by atoms with Gasteiger partial charge in [-0.15, -0.1) is 10.2 Å². The molecule has 0 saturated carbocycles. The van der Waals surface area contributed by atoms with Crippen LogP contribution in [-0.2, 0) is 21.3 Å². The van der Waals surface area contributed by atoms with E-state index in [9.17, 15) is 21.6 Å². The van der Waals surface area contributed by atoms with Crippen molar-refractivity contribution >= 4 is 10.0 Å². The number of halogens is 3. The summed E-state index contributed by atoms with van der Waals surface area (Å²) >= 11 is 0. The molecule has 2 heterocycles. The van der Waals surface area contributed by atoms with Crippen molar-refractivity contribution in [3.05, 3.63) is 65.3 Å². The van der Waals surface area contributed by atoms with Gasteiger partial charge in [0.1, 0.15) is 5.82 Å². The van der Waals surface area contributed by atoms with E-state index < -0.39 is 34.2 Å². The lowest BCUT2D eigenvalue weighted by Crippen LogP contribution is -2.32. The van der Waals surface area contributed by atoms with Crippen molar-refractivity contribution in [2.45, 2.75) is 23.9 Å². The number of fused-ring (bicyclic) bond motifs is 1. The van der Waals surface area contributed by atoms with E-state index in [1.54, 1.807) is 6.07 Å². The fourth-order valence-corrected chi connectivity index (χ4v) is 5.16. The van der Waals surface area contributed by atoms with Crippen LogP contribution in [0.2, 0.25) is 0 Å². The maximum absolute atomic E-state index is 13.3. The minimum atomic E-state index is -3.94. The number of hydrogen-bond acceptors (Lipinski definition) is 6. The van der Waals surface area contributed by atoms with Crippen molar-refractivity contribution < 1.29 is 30.7 Å². The van der Waals surface area contributed by atoms with Crippen molar-refractivity contribution in [3.63, 3.8) is 0 Å². The predicted octanol–water partition coefficient (Wildman–Crippen LogP) is 3.71. The van der Waals surface area contributed by atoms with E-state index >= 15 is 0 Å². The van der Waals surface area contributed by atoms with E-state index in [0.29, 0.717) is 11.1 Å². The highest BCUT2D eigenvalue weighted by Gasteiger charge is 2.40. The highest BCUT2D eigenvalue weighted by molar-refractivity contribution is 7.89. The molecule has 0 N–H and O–H groups in total. The van der Waals surface area contributed by atoms with Gasteiger partial charge in [0.2, 0.25) is 15.9 Å². The number of rotatable bonds is 6. The van der Waals surface area contributed by atoms with Crippen LogP contribution in [0.1, 0.15) is 29.5 Å². The third-order valence-electron chi connectivity index (χ3n) is 4.78. The summed E-state index contributed by atoms with van der Waals surface area (Å²) in [6, 6.07) is 9.27. The Morgan fingerprint density at radius 3 is 2.53 bits per heavy atom. The van der Waals surface area contributed by atoms with Crippen LogP contribution in [0.3, 0.4) is 0 Å². The number of hydrogen-bond donors (Lipinski definition) is 0. The molecule has 0 amide bonds. The molecule has 1 atom stereocenters. The molecule has 158 valence electrons. The first-order valence-corrected chi connectivity index (χ1v) is 10.3. The van der Waals surface area contributed by atoms with Crippen molar-refractivity contribution in [1.29, 1.82) is 0 Å².